The summed E-state index contributed by atoms with van der Waals surface area (Å²) in [7, 11) is 0. The number of halogens is 1. The van der Waals surface area contributed by atoms with Crippen LogP contribution in [0.5, 0.6) is 0 Å². The number of thioether (sulfide) groups is 1. The van der Waals surface area contributed by atoms with Crippen LogP contribution in [-0.2, 0) is 4.79 Å². The first kappa shape index (κ1) is 13.6. The van der Waals surface area contributed by atoms with Crippen molar-refractivity contribution in [2.24, 2.45) is 5.73 Å². The van der Waals surface area contributed by atoms with Crippen LogP contribution in [0, 0.1) is 0 Å². The van der Waals surface area contributed by atoms with Crippen LogP contribution in [0.4, 0.5) is 0 Å². The Bertz CT molecular complexity index is 113. The van der Waals surface area contributed by atoms with E-state index in [2.05, 4.69) is 0 Å². The molecule has 0 heterocycles. The number of hydrogen-bond donors (Lipinski definition) is 2. The van der Waals surface area contributed by atoms with Gasteiger partial charge in [0.15, 0.2) is 0 Å². The molecule has 0 amide bonds. The number of hydrogen-bond acceptors (Lipinski definition) is 3. The largest absolute Gasteiger partial charge is 0.481 e. The Morgan fingerprint density at radius 2 is 2.27 bits per heavy atom. The highest BCUT2D eigenvalue weighted by Crippen LogP contribution is 2.12. The fraction of sp³-hybridized carbons (Fsp3) is 0.833. The number of nitrogens with two attached hydrogens (primary N) is 1. The van der Waals surface area contributed by atoms with Crippen LogP contribution in [0.1, 0.15) is 13.3 Å². The Morgan fingerprint density at radius 1 is 1.73 bits per heavy atom. The van der Waals surface area contributed by atoms with Gasteiger partial charge in [-0.2, -0.15) is 11.8 Å². The Kier molecular flexibility index (Phi) is 10.1. The van der Waals surface area contributed by atoms with Crippen molar-refractivity contribution in [2.75, 3.05) is 12.3 Å². The molecule has 11 heavy (non-hydrogen) atoms. The molecule has 0 fully saturated rings. The quantitative estimate of drug-likeness (QED) is 0.693. The molecular weight excluding hydrogens is 186 g/mol. The molecule has 0 aliphatic carbocycles. The number of carboxylic acid groups (broad SMARTS) is 1. The van der Waals surface area contributed by atoms with Crippen molar-refractivity contribution in [1.82, 2.24) is 0 Å². The highest BCUT2D eigenvalue weighted by atomic mass is 35.5. The molecule has 3 nitrogen and oxygen atoms in total. The van der Waals surface area contributed by atoms with Crippen molar-refractivity contribution in [3.63, 3.8) is 0 Å². The van der Waals surface area contributed by atoms with Crippen LogP contribution in [0.3, 0.4) is 0 Å². The molecule has 0 aromatic heterocycles. The third-order valence-corrected chi connectivity index (χ3v) is 2.19. The van der Waals surface area contributed by atoms with Gasteiger partial charge < -0.3 is 10.8 Å². The predicted molar refractivity (Wildman–Crippen MR) is 50.5 cm³/mol. The molecule has 0 aromatic rings. The minimum absolute atomic E-state index is 0. The summed E-state index contributed by atoms with van der Waals surface area (Å²) in [6, 6.07) is 0. The molecule has 0 radical (unpaired) electrons. The zero-order valence-electron chi connectivity index (χ0n) is 6.45. The van der Waals surface area contributed by atoms with Crippen LogP contribution >= 0.6 is 24.2 Å². The van der Waals surface area contributed by atoms with E-state index in [1.54, 1.807) is 11.8 Å². The molecule has 0 aliphatic rings. The Hall–Kier alpha value is 0.0700. The van der Waals surface area contributed by atoms with E-state index in [9.17, 15) is 4.79 Å². The molecule has 5 heteroatoms. The van der Waals surface area contributed by atoms with Gasteiger partial charge in [-0.1, -0.05) is 6.92 Å². The standard InChI is InChI=1S/C6H13NO2S.ClH/c1-5(4-6(8)9)10-3-2-7;/h5H,2-4,7H2,1H3,(H,8,9);1H. The summed E-state index contributed by atoms with van der Waals surface area (Å²) in [6.07, 6.45) is 0.227. The molecule has 0 spiro atoms. The van der Waals surface area contributed by atoms with Crippen molar-refractivity contribution in [2.45, 2.75) is 18.6 Å². The second kappa shape index (κ2) is 8.17. The van der Waals surface area contributed by atoms with Crippen LogP contribution in [-0.4, -0.2) is 28.6 Å². The van der Waals surface area contributed by atoms with Gasteiger partial charge in [-0.15, -0.1) is 12.4 Å². The zero-order chi connectivity index (χ0) is 7.98. The van der Waals surface area contributed by atoms with E-state index in [0.717, 1.165) is 5.75 Å². The van der Waals surface area contributed by atoms with E-state index in [4.69, 9.17) is 10.8 Å². The summed E-state index contributed by atoms with van der Waals surface area (Å²) >= 11 is 1.60. The number of aliphatic carboxylic acids is 1. The molecule has 0 bridgehead atoms. The molecular formula is C6H14ClNO2S. The average Bonchev–Trinajstić information content (AvgIpc) is 1.82. The van der Waals surface area contributed by atoms with Crippen LogP contribution < -0.4 is 5.73 Å². The molecule has 68 valence electrons. The normalized spacial score (nSPS) is 11.8. The first-order chi connectivity index (χ1) is 4.66. The average molecular weight is 200 g/mol. The van der Waals surface area contributed by atoms with Crippen molar-refractivity contribution < 1.29 is 9.90 Å². The lowest BCUT2D eigenvalue weighted by Crippen LogP contribution is -2.09. The zero-order valence-corrected chi connectivity index (χ0v) is 8.08. The van der Waals surface area contributed by atoms with Gasteiger partial charge in [0.05, 0.1) is 6.42 Å². The third kappa shape index (κ3) is 10.1. The summed E-state index contributed by atoms with van der Waals surface area (Å²) in [5.41, 5.74) is 5.24. The Balaban J connectivity index is 0. The summed E-state index contributed by atoms with van der Waals surface area (Å²) in [4.78, 5) is 10.1. The van der Waals surface area contributed by atoms with Gasteiger partial charge >= 0.3 is 5.97 Å². The molecule has 0 aliphatic heterocycles. The van der Waals surface area contributed by atoms with Crippen molar-refractivity contribution in [3.8, 4) is 0 Å². The van der Waals surface area contributed by atoms with Crippen molar-refractivity contribution >= 4 is 30.1 Å². The third-order valence-electron chi connectivity index (χ3n) is 0.982. The maximum absolute atomic E-state index is 10.1. The van der Waals surface area contributed by atoms with Gasteiger partial charge in [0.25, 0.3) is 0 Å². The molecule has 1 atom stereocenters. The highest BCUT2D eigenvalue weighted by Gasteiger charge is 2.06. The van der Waals surface area contributed by atoms with Gasteiger partial charge in [-0.05, 0) is 0 Å². The lowest BCUT2D eigenvalue weighted by Gasteiger charge is -2.05. The summed E-state index contributed by atoms with van der Waals surface area (Å²) in [5.74, 6) is 0.103. The lowest BCUT2D eigenvalue weighted by atomic mass is 10.3. The fourth-order valence-corrected chi connectivity index (χ4v) is 1.37. The maximum atomic E-state index is 10.1. The van der Waals surface area contributed by atoms with E-state index < -0.39 is 5.97 Å². The Morgan fingerprint density at radius 3 is 2.64 bits per heavy atom. The minimum Gasteiger partial charge on any atom is -0.481 e. The number of carbonyl (C=O) groups is 1. The Labute approximate surface area is 77.1 Å². The predicted octanol–water partition coefficient (Wildman–Crippen LogP) is 0.963. The van der Waals surface area contributed by atoms with E-state index >= 15 is 0 Å². The maximum Gasteiger partial charge on any atom is 0.304 e. The molecule has 0 aromatic carbocycles. The van der Waals surface area contributed by atoms with Crippen LogP contribution in [0.15, 0.2) is 0 Å². The molecule has 3 N–H and O–H groups in total. The topological polar surface area (TPSA) is 63.3 Å². The molecule has 0 rings (SSSR count). The molecule has 0 saturated heterocycles. The van der Waals surface area contributed by atoms with Crippen molar-refractivity contribution in [3.05, 3.63) is 0 Å². The van der Waals surface area contributed by atoms with Crippen molar-refractivity contribution in [1.29, 1.82) is 0 Å². The summed E-state index contributed by atoms with van der Waals surface area (Å²) < 4.78 is 0. The van der Waals surface area contributed by atoms with Gasteiger partial charge in [-0.3, -0.25) is 4.79 Å². The summed E-state index contributed by atoms with van der Waals surface area (Å²) in [6.45, 7) is 2.52. The number of carboxylic acids is 1. The second-order valence-electron chi connectivity index (χ2n) is 2.07. The lowest BCUT2D eigenvalue weighted by molar-refractivity contribution is -0.136. The fourth-order valence-electron chi connectivity index (χ4n) is 0.574. The minimum atomic E-state index is -0.739. The first-order valence-corrected chi connectivity index (χ1v) is 4.25. The number of rotatable bonds is 5. The smallest absolute Gasteiger partial charge is 0.304 e. The van der Waals surface area contributed by atoms with E-state index in [1.807, 2.05) is 6.92 Å². The van der Waals surface area contributed by atoms with Gasteiger partial charge in [0.2, 0.25) is 0 Å². The highest BCUT2D eigenvalue weighted by molar-refractivity contribution is 7.99. The van der Waals surface area contributed by atoms with E-state index in [-0.39, 0.29) is 24.1 Å². The summed E-state index contributed by atoms with van der Waals surface area (Å²) in [5, 5.41) is 8.52. The molecule has 0 saturated carbocycles. The van der Waals surface area contributed by atoms with Gasteiger partial charge in [0, 0.05) is 17.5 Å². The van der Waals surface area contributed by atoms with Gasteiger partial charge in [-0.25, -0.2) is 0 Å². The second-order valence-corrected chi connectivity index (χ2v) is 3.61. The van der Waals surface area contributed by atoms with E-state index in [1.165, 1.54) is 0 Å². The molecule has 1 unspecified atom stereocenters. The monoisotopic (exact) mass is 199 g/mol. The van der Waals surface area contributed by atoms with Crippen LogP contribution in [0.25, 0.3) is 0 Å². The SMILES string of the molecule is CC(CC(=O)O)SCCN.Cl. The first-order valence-electron chi connectivity index (χ1n) is 3.20. The van der Waals surface area contributed by atoms with Gasteiger partial charge in [0.1, 0.15) is 0 Å². The van der Waals surface area contributed by atoms with E-state index in [0.29, 0.717) is 6.54 Å². The van der Waals surface area contributed by atoms with Crippen LogP contribution in [0.2, 0.25) is 0 Å².